The molecule has 0 saturated carbocycles. The van der Waals surface area contributed by atoms with Gasteiger partial charge in [-0.1, -0.05) is 48.5 Å². The Hall–Kier alpha value is -2.88. The van der Waals surface area contributed by atoms with Crippen LogP contribution in [0.15, 0.2) is 66.9 Å². The van der Waals surface area contributed by atoms with Crippen molar-refractivity contribution in [2.24, 2.45) is 0 Å². The van der Waals surface area contributed by atoms with Crippen LogP contribution in [0.1, 0.15) is 22.8 Å². The molecule has 0 aliphatic rings. The Kier molecular flexibility index (Phi) is 5.49. The molecular weight excluding hydrogens is 278 g/mol. The molecule has 0 unspecified atom stereocenters. The van der Waals surface area contributed by atoms with Gasteiger partial charge in [-0.25, -0.2) is 4.79 Å². The van der Waals surface area contributed by atoms with E-state index in [1.165, 1.54) is 6.20 Å². The van der Waals surface area contributed by atoms with E-state index in [9.17, 15) is 9.59 Å². The fourth-order valence-corrected chi connectivity index (χ4v) is 1.90. The van der Waals surface area contributed by atoms with E-state index >= 15 is 0 Å². The molecule has 112 valence electrons. The van der Waals surface area contributed by atoms with Crippen molar-refractivity contribution in [3.05, 3.63) is 78.0 Å². The fraction of sp³-hybridized carbons (Fsp3) is 0.111. The van der Waals surface area contributed by atoms with Crippen LogP contribution in [0.25, 0.3) is 5.57 Å². The zero-order valence-corrected chi connectivity index (χ0v) is 12.3. The van der Waals surface area contributed by atoms with E-state index < -0.39 is 5.97 Å². The first-order valence-electron chi connectivity index (χ1n) is 7.01. The molecule has 2 rings (SSSR count). The number of benzene rings is 2. The van der Waals surface area contributed by atoms with Gasteiger partial charge in [-0.3, -0.25) is 4.79 Å². The number of nitrogens with one attached hydrogen (secondary N) is 1. The first kappa shape index (κ1) is 15.5. The van der Waals surface area contributed by atoms with Crippen LogP contribution in [-0.4, -0.2) is 18.5 Å². The summed E-state index contributed by atoms with van der Waals surface area (Å²) in [6.45, 7) is 2.01. The molecule has 0 radical (unpaired) electrons. The third kappa shape index (κ3) is 4.06. The van der Waals surface area contributed by atoms with Gasteiger partial charge in [-0.2, -0.15) is 0 Å². The maximum atomic E-state index is 12.1. The monoisotopic (exact) mass is 295 g/mol. The molecule has 0 bridgehead atoms. The van der Waals surface area contributed by atoms with Gasteiger partial charge in [0.15, 0.2) is 0 Å². The molecule has 0 aliphatic heterocycles. The molecule has 0 atom stereocenters. The third-order valence-corrected chi connectivity index (χ3v) is 2.96. The molecule has 0 aromatic heterocycles. The molecule has 0 aliphatic carbocycles. The summed E-state index contributed by atoms with van der Waals surface area (Å²) in [6.07, 6.45) is 1.39. The second kappa shape index (κ2) is 7.78. The Balaban J connectivity index is 2.22. The molecule has 0 spiro atoms. The number of rotatable bonds is 5. The standard InChI is InChI=1S/C18H17NO3/c1-2-22-18(21)16(14-9-5-3-6-10-14)13-19-17(20)15-11-7-4-8-12-15/h3-13H,2H2,1H3,(H,19,20)/b16-13+. The van der Waals surface area contributed by atoms with E-state index in [0.29, 0.717) is 16.7 Å². The lowest BCUT2D eigenvalue weighted by atomic mass is 10.1. The summed E-state index contributed by atoms with van der Waals surface area (Å²) in [6, 6.07) is 17.9. The minimum atomic E-state index is -0.470. The van der Waals surface area contributed by atoms with E-state index in [-0.39, 0.29) is 12.5 Å². The van der Waals surface area contributed by atoms with E-state index in [2.05, 4.69) is 5.32 Å². The average molecular weight is 295 g/mol. The highest BCUT2D eigenvalue weighted by Gasteiger charge is 2.13. The maximum absolute atomic E-state index is 12.1. The largest absolute Gasteiger partial charge is 0.462 e. The summed E-state index contributed by atoms with van der Waals surface area (Å²) in [5.74, 6) is -0.750. The molecule has 4 nitrogen and oxygen atoms in total. The Labute approximate surface area is 129 Å². The lowest BCUT2D eigenvalue weighted by Crippen LogP contribution is -2.19. The van der Waals surface area contributed by atoms with Crippen molar-refractivity contribution in [3.63, 3.8) is 0 Å². The van der Waals surface area contributed by atoms with Crippen molar-refractivity contribution in [2.75, 3.05) is 6.61 Å². The van der Waals surface area contributed by atoms with Gasteiger partial charge in [-0.15, -0.1) is 0 Å². The van der Waals surface area contributed by atoms with Gasteiger partial charge in [0.05, 0.1) is 12.2 Å². The highest BCUT2D eigenvalue weighted by molar-refractivity contribution is 6.17. The van der Waals surface area contributed by atoms with Crippen molar-refractivity contribution >= 4 is 17.4 Å². The second-order valence-electron chi connectivity index (χ2n) is 4.48. The maximum Gasteiger partial charge on any atom is 0.340 e. The van der Waals surface area contributed by atoms with Crippen LogP contribution in [0.2, 0.25) is 0 Å². The van der Waals surface area contributed by atoms with Crippen molar-refractivity contribution < 1.29 is 14.3 Å². The minimum Gasteiger partial charge on any atom is -0.462 e. The van der Waals surface area contributed by atoms with Crippen LogP contribution in [-0.2, 0) is 9.53 Å². The zero-order chi connectivity index (χ0) is 15.8. The van der Waals surface area contributed by atoms with Gasteiger partial charge in [0.1, 0.15) is 0 Å². The van der Waals surface area contributed by atoms with Crippen molar-refractivity contribution in [1.29, 1.82) is 0 Å². The SMILES string of the molecule is CCOC(=O)/C(=C/NC(=O)c1ccccc1)c1ccccc1. The first-order chi connectivity index (χ1) is 10.7. The van der Waals surface area contributed by atoms with E-state index in [4.69, 9.17) is 4.74 Å². The van der Waals surface area contributed by atoms with Gasteiger partial charge >= 0.3 is 5.97 Å². The Bertz CT molecular complexity index is 663. The number of esters is 1. The summed E-state index contributed by atoms with van der Waals surface area (Å²) in [5, 5.41) is 2.64. The van der Waals surface area contributed by atoms with Gasteiger partial charge in [0.25, 0.3) is 5.91 Å². The quantitative estimate of drug-likeness (QED) is 0.681. The predicted molar refractivity (Wildman–Crippen MR) is 85.0 cm³/mol. The summed E-state index contributed by atoms with van der Waals surface area (Å²) in [7, 11) is 0. The van der Waals surface area contributed by atoms with Crippen LogP contribution < -0.4 is 5.32 Å². The molecule has 22 heavy (non-hydrogen) atoms. The molecule has 0 heterocycles. The molecule has 0 fully saturated rings. The number of amides is 1. The fourth-order valence-electron chi connectivity index (χ4n) is 1.90. The highest BCUT2D eigenvalue weighted by Crippen LogP contribution is 2.15. The molecular formula is C18H17NO3. The van der Waals surface area contributed by atoms with Crippen molar-refractivity contribution in [1.82, 2.24) is 5.32 Å². The molecule has 1 amide bonds. The molecule has 2 aromatic carbocycles. The van der Waals surface area contributed by atoms with Crippen molar-refractivity contribution in [3.8, 4) is 0 Å². The predicted octanol–water partition coefficient (Wildman–Crippen LogP) is 3.02. The first-order valence-corrected chi connectivity index (χ1v) is 7.01. The smallest absolute Gasteiger partial charge is 0.340 e. The van der Waals surface area contributed by atoms with E-state index in [1.54, 1.807) is 43.3 Å². The number of ether oxygens (including phenoxy) is 1. The normalized spacial score (nSPS) is 10.9. The summed E-state index contributed by atoms with van der Waals surface area (Å²) in [4.78, 5) is 24.1. The van der Waals surface area contributed by atoms with Crippen molar-refractivity contribution in [2.45, 2.75) is 6.92 Å². The number of carbonyl (C=O) groups is 2. The highest BCUT2D eigenvalue weighted by atomic mass is 16.5. The molecule has 0 saturated heterocycles. The lowest BCUT2D eigenvalue weighted by molar-refractivity contribution is -0.136. The third-order valence-electron chi connectivity index (χ3n) is 2.96. The second-order valence-corrected chi connectivity index (χ2v) is 4.48. The Morgan fingerprint density at radius 1 is 0.955 bits per heavy atom. The molecule has 4 heteroatoms. The van der Waals surface area contributed by atoms with Crippen LogP contribution >= 0.6 is 0 Å². The van der Waals surface area contributed by atoms with E-state index in [1.807, 2.05) is 24.3 Å². The minimum absolute atomic E-state index is 0.273. The van der Waals surface area contributed by atoms with Gasteiger partial charge in [0.2, 0.25) is 0 Å². The topological polar surface area (TPSA) is 55.4 Å². The number of carbonyl (C=O) groups excluding carboxylic acids is 2. The van der Waals surface area contributed by atoms with Gasteiger partial charge < -0.3 is 10.1 Å². The van der Waals surface area contributed by atoms with Crippen LogP contribution in [0, 0.1) is 0 Å². The van der Waals surface area contributed by atoms with E-state index in [0.717, 1.165) is 0 Å². The molecule has 2 aromatic rings. The summed E-state index contributed by atoms with van der Waals surface area (Å²) in [5.41, 5.74) is 1.52. The van der Waals surface area contributed by atoms with Crippen LogP contribution in [0.4, 0.5) is 0 Å². The van der Waals surface area contributed by atoms with Crippen LogP contribution in [0.3, 0.4) is 0 Å². The summed E-state index contributed by atoms with van der Waals surface area (Å²) >= 11 is 0. The zero-order valence-electron chi connectivity index (χ0n) is 12.3. The molecule has 1 N–H and O–H groups in total. The lowest BCUT2D eigenvalue weighted by Gasteiger charge is -2.08. The van der Waals surface area contributed by atoms with Gasteiger partial charge in [0, 0.05) is 11.8 Å². The average Bonchev–Trinajstić information content (AvgIpc) is 2.57. The number of hydrogen-bond donors (Lipinski definition) is 1. The van der Waals surface area contributed by atoms with Gasteiger partial charge in [-0.05, 0) is 24.6 Å². The Morgan fingerprint density at radius 2 is 1.50 bits per heavy atom. The number of hydrogen-bond acceptors (Lipinski definition) is 3. The van der Waals surface area contributed by atoms with Crippen LogP contribution in [0.5, 0.6) is 0 Å². The Morgan fingerprint density at radius 3 is 2.05 bits per heavy atom. The summed E-state index contributed by atoms with van der Waals surface area (Å²) < 4.78 is 5.04.